The van der Waals surface area contributed by atoms with Crippen molar-refractivity contribution >= 4 is 5.96 Å². The average molecular weight is 221 g/mol. The minimum Gasteiger partial charge on any atom is -0.356 e. The lowest BCUT2D eigenvalue weighted by atomic mass is 10.3. The van der Waals surface area contributed by atoms with E-state index in [0.717, 1.165) is 30.7 Å². The third-order valence-electron chi connectivity index (χ3n) is 2.86. The lowest BCUT2D eigenvalue weighted by molar-refractivity contribution is 0.737. The highest BCUT2D eigenvalue weighted by Gasteiger charge is 2.20. The molecule has 1 aliphatic rings. The Balaban J connectivity index is 1.76. The van der Waals surface area contributed by atoms with Gasteiger partial charge in [-0.15, -0.1) is 0 Å². The van der Waals surface area contributed by atoms with Crippen molar-refractivity contribution in [3.8, 4) is 0 Å². The maximum Gasteiger partial charge on any atom is 0.191 e. The third-order valence-corrected chi connectivity index (χ3v) is 2.86. The largest absolute Gasteiger partial charge is 0.356 e. The number of aliphatic imine (C=N–C) groups is 1. The highest BCUT2D eigenvalue weighted by atomic mass is 15.2. The van der Waals surface area contributed by atoms with Crippen LogP contribution in [0.3, 0.4) is 0 Å². The van der Waals surface area contributed by atoms with Crippen molar-refractivity contribution in [3.05, 3.63) is 17.5 Å². The number of hydrogen-bond acceptors (Lipinski definition) is 2. The van der Waals surface area contributed by atoms with E-state index in [1.165, 1.54) is 18.4 Å². The summed E-state index contributed by atoms with van der Waals surface area (Å²) in [5.41, 5.74) is 2.28. The minimum absolute atomic E-state index is 0.757. The molecule has 5 heteroatoms. The second-order valence-corrected chi connectivity index (χ2v) is 4.27. The van der Waals surface area contributed by atoms with Gasteiger partial charge < -0.3 is 10.6 Å². The Morgan fingerprint density at radius 1 is 1.56 bits per heavy atom. The molecule has 16 heavy (non-hydrogen) atoms. The van der Waals surface area contributed by atoms with Gasteiger partial charge in [0, 0.05) is 31.4 Å². The lowest BCUT2D eigenvalue weighted by Crippen LogP contribution is -2.37. The molecule has 0 atom stereocenters. The molecule has 0 radical (unpaired) electrons. The third kappa shape index (κ3) is 2.98. The number of nitrogens with zero attached hydrogens (tertiary/aromatic N) is 2. The van der Waals surface area contributed by atoms with E-state index in [1.54, 1.807) is 7.05 Å². The molecular weight excluding hydrogens is 202 g/mol. The molecule has 1 heterocycles. The molecule has 2 rings (SSSR count). The Labute approximate surface area is 95.7 Å². The Morgan fingerprint density at radius 3 is 2.94 bits per heavy atom. The normalized spacial score (nSPS) is 16.2. The van der Waals surface area contributed by atoms with Crippen molar-refractivity contribution in [3.63, 3.8) is 0 Å². The summed E-state index contributed by atoms with van der Waals surface area (Å²) in [4.78, 5) is 4.18. The van der Waals surface area contributed by atoms with E-state index in [1.807, 2.05) is 13.1 Å². The Hall–Kier alpha value is -1.52. The highest BCUT2D eigenvalue weighted by Crippen LogP contribution is 2.27. The van der Waals surface area contributed by atoms with E-state index in [0.29, 0.717) is 0 Å². The van der Waals surface area contributed by atoms with Crippen LogP contribution in [0.2, 0.25) is 0 Å². The van der Waals surface area contributed by atoms with Crippen LogP contribution in [0.5, 0.6) is 0 Å². The number of guanidine groups is 1. The molecule has 1 aromatic rings. The van der Waals surface area contributed by atoms with E-state index >= 15 is 0 Å². The molecule has 5 nitrogen and oxygen atoms in total. The summed E-state index contributed by atoms with van der Waals surface area (Å²) in [6.07, 6.45) is 4.55. The molecule has 3 N–H and O–H groups in total. The predicted molar refractivity (Wildman–Crippen MR) is 64.3 cm³/mol. The fourth-order valence-corrected chi connectivity index (χ4v) is 1.52. The molecule has 0 saturated heterocycles. The first-order valence-electron chi connectivity index (χ1n) is 5.73. The molecule has 1 aliphatic carbocycles. The molecule has 88 valence electrons. The second-order valence-electron chi connectivity index (χ2n) is 4.27. The van der Waals surface area contributed by atoms with Crippen LogP contribution in [-0.4, -0.2) is 29.7 Å². The van der Waals surface area contributed by atoms with E-state index in [9.17, 15) is 0 Å². The molecule has 0 spiro atoms. The van der Waals surface area contributed by atoms with Crippen LogP contribution in [0.25, 0.3) is 0 Å². The summed E-state index contributed by atoms with van der Waals surface area (Å²) in [5.74, 6) is 1.72. The summed E-state index contributed by atoms with van der Waals surface area (Å²) in [5, 5.41) is 13.5. The molecule has 1 fully saturated rings. The van der Waals surface area contributed by atoms with Crippen LogP contribution in [0.4, 0.5) is 0 Å². The van der Waals surface area contributed by atoms with Crippen molar-refractivity contribution < 1.29 is 0 Å². The van der Waals surface area contributed by atoms with Crippen molar-refractivity contribution in [2.75, 3.05) is 13.6 Å². The van der Waals surface area contributed by atoms with Gasteiger partial charge in [-0.1, -0.05) is 0 Å². The summed E-state index contributed by atoms with van der Waals surface area (Å²) in [6.45, 7) is 3.81. The van der Waals surface area contributed by atoms with E-state index in [2.05, 4.69) is 25.8 Å². The molecule has 0 unspecified atom stereocenters. The molecule has 0 bridgehead atoms. The van der Waals surface area contributed by atoms with Gasteiger partial charge in [-0.25, -0.2) is 0 Å². The van der Waals surface area contributed by atoms with Crippen LogP contribution in [-0.2, 0) is 6.54 Å². The van der Waals surface area contributed by atoms with Gasteiger partial charge in [0.2, 0.25) is 0 Å². The summed E-state index contributed by atoms with van der Waals surface area (Å²) < 4.78 is 0. The maximum absolute atomic E-state index is 4.18. The quantitative estimate of drug-likeness (QED) is 0.520. The van der Waals surface area contributed by atoms with Gasteiger partial charge in [-0.3, -0.25) is 10.1 Å². The van der Waals surface area contributed by atoms with Crippen LogP contribution in [0.1, 0.15) is 24.1 Å². The Kier molecular flexibility index (Phi) is 3.44. The zero-order valence-electron chi connectivity index (χ0n) is 9.88. The number of aryl methyl sites for hydroxylation is 1. The van der Waals surface area contributed by atoms with Gasteiger partial charge in [0.1, 0.15) is 0 Å². The summed E-state index contributed by atoms with van der Waals surface area (Å²) >= 11 is 0. The predicted octanol–water partition coefficient (Wildman–Crippen LogP) is 0.793. The number of hydrogen-bond donors (Lipinski definition) is 3. The van der Waals surface area contributed by atoms with Crippen LogP contribution >= 0.6 is 0 Å². The maximum atomic E-state index is 4.18. The first-order chi connectivity index (χ1) is 7.79. The Morgan fingerprint density at radius 2 is 2.38 bits per heavy atom. The molecule has 0 aromatic carbocycles. The number of rotatable bonds is 4. The standard InChI is InChI=1S/C11H19N5/c1-8-10(7-15-16-8)6-14-11(12-2)13-5-9-3-4-9/h7,9H,3-6H2,1-2H3,(H,15,16)(H2,12,13,14). The summed E-state index contributed by atoms with van der Waals surface area (Å²) in [6, 6.07) is 0. The average Bonchev–Trinajstić information content (AvgIpc) is 3.03. The van der Waals surface area contributed by atoms with E-state index in [-0.39, 0.29) is 0 Å². The van der Waals surface area contributed by atoms with Gasteiger partial charge in [0.15, 0.2) is 5.96 Å². The fraction of sp³-hybridized carbons (Fsp3) is 0.636. The minimum atomic E-state index is 0.757. The second kappa shape index (κ2) is 5.01. The van der Waals surface area contributed by atoms with Crippen molar-refractivity contribution in [2.24, 2.45) is 10.9 Å². The van der Waals surface area contributed by atoms with Gasteiger partial charge in [-0.2, -0.15) is 5.10 Å². The van der Waals surface area contributed by atoms with Gasteiger partial charge in [0.25, 0.3) is 0 Å². The molecule has 0 aliphatic heterocycles. The SMILES string of the molecule is CN=C(NCc1cn[nH]c1C)NCC1CC1. The highest BCUT2D eigenvalue weighted by molar-refractivity contribution is 5.79. The van der Waals surface area contributed by atoms with Crippen molar-refractivity contribution in [2.45, 2.75) is 26.3 Å². The zero-order valence-corrected chi connectivity index (χ0v) is 9.88. The zero-order chi connectivity index (χ0) is 11.4. The van der Waals surface area contributed by atoms with Gasteiger partial charge >= 0.3 is 0 Å². The van der Waals surface area contributed by atoms with Gasteiger partial charge in [-0.05, 0) is 25.7 Å². The number of aromatic amines is 1. The number of aromatic nitrogens is 2. The van der Waals surface area contributed by atoms with Crippen LogP contribution in [0, 0.1) is 12.8 Å². The first kappa shape index (κ1) is 11.0. The van der Waals surface area contributed by atoms with Crippen LogP contribution in [0.15, 0.2) is 11.2 Å². The van der Waals surface area contributed by atoms with E-state index < -0.39 is 0 Å². The first-order valence-corrected chi connectivity index (χ1v) is 5.73. The molecule has 1 aromatic heterocycles. The summed E-state index contributed by atoms with van der Waals surface area (Å²) in [7, 11) is 1.80. The smallest absolute Gasteiger partial charge is 0.191 e. The molecule has 1 saturated carbocycles. The van der Waals surface area contributed by atoms with Crippen molar-refractivity contribution in [1.82, 2.24) is 20.8 Å². The fourth-order valence-electron chi connectivity index (χ4n) is 1.52. The topological polar surface area (TPSA) is 65.1 Å². The van der Waals surface area contributed by atoms with E-state index in [4.69, 9.17) is 0 Å². The van der Waals surface area contributed by atoms with Gasteiger partial charge in [0.05, 0.1) is 6.20 Å². The molecule has 0 amide bonds. The number of nitrogens with one attached hydrogen (secondary N) is 3. The monoisotopic (exact) mass is 221 g/mol. The lowest BCUT2D eigenvalue weighted by Gasteiger charge is -2.10. The molecular formula is C11H19N5. The Bertz CT molecular complexity index is 364. The number of H-pyrrole nitrogens is 1. The van der Waals surface area contributed by atoms with Crippen LogP contribution < -0.4 is 10.6 Å². The van der Waals surface area contributed by atoms with Crippen molar-refractivity contribution in [1.29, 1.82) is 0 Å².